The van der Waals surface area contributed by atoms with Gasteiger partial charge in [0.05, 0.1) is 22.4 Å². The van der Waals surface area contributed by atoms with Gasteiger partial charge in [-0.25, -0.2) is 8.42 Å². The number of sulfone groups is 1. The average molecular weight is 555 g/mol. The molecular weight excluding hydrogens is 528 g/mol. The van der Waals surface area contributed by atoms with Crippen LogP contribution in [0.5, 0.6) is 11.5 Å². The van der Waals surface area contributed by atoms with Crippen molar-refractivity contribution in [2.24, 2.45) is 0 Å². The molecule has 0 radical (unpaired) electrons. The quantitative estimate of drug-likeness (QED) is 0.609. The van der Waals surface area contributed by atoms with Crippen LogP contribution in [-0.4, -0.2) is 75.4 Å². The van der Waals surface area contributed by atoms with Crippen LogP contribution in [0.15, 0.2) is 27.6 Å². The van der Waals surface area contributed by atoms with Crippen molar-refractivity contribution in [1.29, 1.82) is 0 Å². The van der Waals surface area contributed by atoms with Crippen molar-refractivity contribution in [3.05, 3.63) is 33.2 Å². The van der Waals surface area contributed by atoms with Crippen LogP contribution < -0.4 is 14.8 Å². The van der Waals surface area contributed by atoms with Crippen LogP contribution >= 0.6 is 15.9 Å². The van der Waals surface area contributed by atoms with Crippen molar-refractivity contribution in [2.45, 2.75) is 43.7 Å². The van der Waals surface area contributed by atoms with E-state index >= 15 is 0 Å². The topological polar surface area (TPSA) is 111 Å². The number of rotatable bonds is 3. The van der Waals surface area contributed by atoms with Crippen LogP contribution in [0.3, 0.4) is 0 Å². The van der Waals surface area contributed by atoms with E-state index in [1.165, 1.54) is 0 Å². The lowest BCUT2D eigenvalue weighted by Gasteiger charge is -2.41. The van der Waals surface area contributed by atoms with Gasteiger partial charge in [-0.3, -0.25) is 9.59 Å². The van der Waals surface area contributed by atoms with Crippen molar-refractivity contribution < 1.29 is 32.2 Å². The van der Waals surface area contributed by atoms with E-state index in [1.54, 1.807) is 17.0 Å². The molecule has 2 unspecified atom stereocenters. The molecule has 0 saturated carbocycles. The highest BCUT2D eigenvalue weighted by Crippen LogP contribution is 2.41. The molecule has 4 heterocycles. The summed E-state index contributed by atoms with van der Waals surface area (Å²) in [4.78, 5) is 28.4. The molecule has 4 aliphatic heterocycles. The highest BCUT2D eigenvalue weighted by atomic mass is 79.9. The monoisotopic (exact) mass is 554 g/mol. The second-order valence-electron chi connectivity index (χ2n) is 9.27. The summed E-state index contributed by atoms with van der Waals surface area (Å²) in [5, 5.41) is 4.07. The lowest BCUT2D eigenvalue weighted by molar-refractivity contribution is -0.118. The average Bonchev–Trinajstić information content (AvgIpc) is 3.15. The normalized spacial score (nSPS) is 27.9. The van der Waals surface area contributed by atoms with Crippen LogP contribution in [0.1, 0.15) is 42.5 Å². The molecule has 2 saturated heterocycles. The van der Waals surface area contributed by atoms with Crippen molar-refractivity contribution in [1.82, 2.24) is 10.2 Å². The van der Waals surface area contributed by atoms with Gasteiger partial charge in [0.2, 0.25) is 5.91 Å². The van der Waals surface area contributed by atoms with E-state index in [0.29, 0.717) is 73.8 Å². The summed E-state index contributed by atoms with van der Waals surface area (Å²) in [5.41, 5.74) is 0.218. The fourth-order valence-corrected chi connectivity index (χ4v) is 7.17. The number of fused-ring (bicyclic) bond motifs is 1. The Morgan fingerprint density at radius 1 is 1.15 bits per heavy atom. The third-order valence-corrected chi connectivity index (χ3v) is 8.91. The van der Waals surface area contributed by atoms with Gasteiger partial charge in [0.15, 0.2) is 21.3 Å². The number of likely N-dealkylation sites (tertiary alicyclic amines) is 1. The van der Waals surface area contributed by atoms with Crippen LogP contribution in [-0.2, 0) is 19.4 Å². The van der Waals surface area contributed by atoms with Gasteiger partial charge in [-0.1, -0.05) is 0 Å². The maximum Gasteiger partial charge on any atom is 0.254 e. The predicted octanol–water partition coefficient (Wildman–Crippen LogP) is 2.19. The Morgan fingerprint density at radius 2 is 1.97 bits per heavy atom. The lowest BCUT2D eigenvalue weighted by Crippen LogP contribution is -2.52. The Balaban J connectivity index is 1.39. The largest absolute Gasteiger partial charge is 0.486 e. The lowest BCUT2D eigenvalue weighted by atomic mass is 9.88. The first-order chi connectivity index (χ1) is 16.3. The Hall–Kier alpha value is -2.11. The molecule has 2 amide bonds. The van der Waals surface area contributed by atoms with Gasteiger partial charge >= 0.3 is 0 Å². The van der Waals surface area contributed by atoms with Crippen molar-refractivity contribution in [3.8, 4) is 11.5 Å². The second kappa shape index (κ2) is 9.16. The van der Waals surface area contributed by atoms with Gasteiger partial charge in [-0.15, -0.1) is 0 Å². The van der Waals surface area contributed by atoms with E-state index < -0.39 is 15.4 Å². The Morgan fingerprint density at radius 3 is 2.74 bits per heavy atom. The number of amides is 2. The number of hydrogen-bond acceptors (Lipinski definition) is 7. The fraction of sp³-hybridized carbons (Fsp3) is 0.565. The number of nitrogens with zero attached hydrogens (tertiary/aromatic N) is 1. The Kier molecular flexibility index (Phi) is 6.36. The minimum Gasteiger partial charge on any atom is -0.486 e. The molecule has 0 aromatic heterocycles. The summed E-state index contributed by atoms with van der Waals surface area (Å²) in [7, 11) is -3.34. The highest BCUT2D eigenvalue weighted by molar-refractivity contribution is 9.10. The standard InChI is InChI=1S/C23H27BrN2O7S/c24-18-9-16(10-19-20(18)33-7-6-32-19)22(28)26-12-17(11-23(26)4-2-5-31-14-23)25-21(27)15-3-1-8-34(29,30)13-15/h9-10,13,17H,1-8,11-12,14H2,(H,25,27). The molecule has 0 aliphatic carbocycles. The van der Waals surface area contributed by atoms with Crippen LogP contribution in [0.25, 0.3) is 0 Å². The summed E-state index contributed by atoms with van der Waals surface area (Å²) >= 11 is 3.48. The maximum absolute atomic E-state index is 13.7. The van der Waals surface area contributed by atoms with Gasteiger partial charge in [0, 0.05) is 35.7 Å². The van der Waals surface area contributed by atoms with Crippen LogP contribution in [0.4, 0.5) is 0 Å². The molecule has 1 spiro atoms. The van der Waals surface area contributed by atoms with E-state index in [0.717, 1.165) is 18.2 Å². The summed E-state index contributed by atoms with van der Waals surface area (Å²) in [5.74, 6) is 0.630. The number of ether oxygens (including phenoxy) is 3. The zero-order chi connectivity index (χ0) is 23.9. The minimum absolute atomic E-state index is 0.0705. The maximum atomic E-state index is 13.7. The number of carbonyl (C=O) groups is 2. The Bertz CT molecular complexity index is 1140. The third kappa shape index (κ3) is 4.57. The van der Waals surface area contributed by atoms with E-state index in [-0.39, 0.29) is 29.2 Å². The number of hydrogen-bond donors (Lipinski definition) is 1. The number of carbonyl (C=O) groups excluding carboxylic acids is 2. The van der Waals surface area contributed by atoms with E-state index in [4.69, 9.17) is 14.2 Å². The summed E-state index contributed by atoms with van der Waals surface area (Å²) in [6.07, 6.45) is 3.01. The molecule has 1 N–H and O–H groups in total. The summed E-state index contributed by atoms with van der Waals surface area (Å²) < 4.78 is 41.6. The highest BCUT2D eigenvalue weighted by Gasteiger charge is 2.49. The van der Waals surface area contributed by atoms with Crippen molar-refractivity contribution >= 4 is 37.6 Å². The summed E-state index contributed by atoms with van der Waals surface area (Å²) in [6.45, 7) is 2.22. The minimum atomic E-state index is -3.34. The molecule has 184 valence electrons. The third-order valence-electron chi connectivity index (χ3n) is 6.82. The molecule has 0 bridgehead atoms. The molecule has 34 heavy (non-hydrogen) atoms. The predicted molar refractivity (Wildman–Crippen MR) is 127 cm³/mol. The van der Waals surface area contributed by atoms with Gasteiger partial charge in [0.1, 0.15) is 13.2 Å². The van der Waals surface area contributed by atoms with Gasteiger partial charge in [-0.2, -0.15) is 0 Å². The molecule has 5 rings (SSSR count). The molecule has 11 heteroatoms. The van der Waals surface area contributed by atoms with Crippen LogP contribution in [0, 0.1) is 0 Å². The van der Waals surface area contributed by atoms with Crippen molar-refractivity contribution in [2.75, 3.05) is 38.7 Å². The molecule has 1 aromatic rings. The molecular formula is C23H27BrN2O7S. The van der Waals surface area contributed by atoms with Crippen LogP contribution in [0.2, 0.25) is 0 Å². The molecule has 1 aromatic carbocycles. The van der Waals surface area contributed by atoms with Gasteiger partial charge in [-0.05, 0) is 60.2 Å². The van der Waals surface area contributed by atoms with Crippen molar-refractivity contribution in [3.63, 3.8) is 0 Å². The number of nitrogens with one attached hydrogen (secondary N) is 1. The van der Waals surface area contributed by atoms with E-state index in [2.05, 4.69) is 21.2 Å². The zero-order valence-electron chi connectivity index (χ0n) is 18.7. The first-order valence-electron chi connectivity index (χ1n) is 11.5. The first-order valence-corrected chi connectivity index (χ1v) is 14.0. The second-order valence-corrected chi connectivity index (χ2v) is 12.1. The fourth-order valence-electron chi connectivity index (χ4n) is 5.29. The van der Waals surface area contributed by atoms with Gasteiger partial charge in [0.25, 0.3) is 5.91 Å². The zero-order valence-corrected chi connectivity index (χ0v) is 21.1. The van der Waals surface area contributed by atoms with Gasteiger partial charge < -0.3 is 24.4 Å². The number of halogens is 1. The molecule has 2 fully saturated rings. The molecule has 2 atom stereocenters. The molecule has 4 aliphatic rings. The van der Waals surface area contributed by atoms with E-state index in [1.807, 2.05) is 0 Å². The molecule has 9 nitrogen and oxygen atoms in total. The number of benzene rings is 1. The van der Waals surface area contributed by atoms with E-state index in [9.17, 15) is 18.0 Å². The smallest absolute Gasteiger partial charge is 0.254 e. The first kappa shape index (κ1) is 23.6. The summed E-state index contributed by atoms with van der Waals surface area (Å²) in [6, 6.07) is 3.13. The SMILES string of the molecule is O=C(NC1CN(C(=O)c2cc(Br)c3c(c2)OCCO3)C2(CCCOC2)C1)C1=CS(=O)(=O)CCC1. The Labute approximate surface area is 206 Å².